The summed E-state index contributed by atoms with van der Waals surface area (Å²) >= 11 is 0. The Labute approximate surface area is 124 Å². The maximum absolute atomic E-state index is 11.5. The second-order valence-corrected chi connectivity index (χ2v) is 6.74. The summed E-state index contributed by atoms with van der Waals surface area (Å²) in [6.45, 7) is 0.569. The Morgan fingerprint density at radius 2 is 1.95 bits per heavy atom. The zero-order chi connectivity index (χ0) is 15.5. The third kappa shape index (κ3) is 3.88. The highest BCUT2D eigenvalue weighted by Gasteiger charge is 2.09. The zero-order valence-corrected chi connectivity index (χ0v) is 12.8. The van der Waals surface area contributed by atoms with Crippen molar-refractivity contribution in [2.45, 2.75) is 11.4 Å². The van der Waals surface area contributed by atoms with Gasteiger partial charge in [0.05, 0.1) is 23.4 Å². The average Bonchev–Trinajstić information content (AvgIpc) is 2.45. The molecule has 5 nitrogen and oxygen atoms in total. The van der Waals surface area contributed by atoms with E-state index in [-0.39, 0.29) is 4.90 Å². The highest BCUT2D eigenvalue weighted by molar-refractivity contribution is 7.90. The van der Waals surface area contributed by atoms with Crippen LogP contribution in [0.4, 0.5) is 11.4 Å². The number of methoxy groups -OCH3 is 1. The van der Waals surface area contributed by atoms with E-state index in [2.05, 4.69) is 5.32 Å². The molecule has 0 spiro atoms. The van der Waals surface area contributed by atoms with Gasteiger partial charge in [-0.3, -0.25) is 0 Å². The van der Waals surface area contributed by atoms with Crippen molar-refractivity contribution in [1.82, 2.24) is 0 Å². The van der Waals surface area contributed by atoms with Crippen molar-refractivity contribution < 1.29 is 13.2 Å². The predicted octanol–water partition coefficient (Wildman–Crippen LogP) is 2.29. The van der Waals surface area contributed by atoms with Crippen LogP contribution in [0.5, 0.6) is 5.75 Å². The Morgan fingerprint density at radius 1 is 1.19 bits per heavy atom. The highest BCUT2D eigenvalue weighted by atomic mass is 32.2. The van der Waals surface area contributed by atoms with Crippen LogP contribution in [-0.2, 0) is 16.4 Å². The molecule has 0 heterocycles. The molecule has 0 aromatic heterocycles. The first kappa shape index (κ1) is 15.2. The normalized spacial score (nSPS) is 11.1. The maximum atomic E-state index is 11.5. The topological polar surface area (TPSA) is 81.4 Å². The fraction of sp³-hybridized carbons (Fsp3) is 0.200. The first-order valence-electron chi connectivity index (χ1n) is 6.36. The summed E-state index contributed by atoms with van der Waals surface area (Å²) in [5.41, 5.74) is 8.03. The van der Waals surface area contributed by atoms with Gasteiger partial charge in [-0.25, -0.2) is 8.42 Å². The standard InChI is InChI=1S/C15H18N2O3S/c1-20-12-5-3-4-11(8-12)10-17-15-7-6-13(9-14(15)16)21(2,18)19/h3-9,17H,10,16H2,1-2H3. The van der Waals surface area contributed by atoms with E-state index in [1.807, 2.05) is 24.3 Å². The first-order valence-corrected chi connectivity index (χ1v) is 8.25. The fourth-order valence-electron chi connectivity index (χ4n) is 1.91. The summed E-state index contributed by atoms with van der Waals surface area (Å²) in [5, 5.41) is 3.18. The van der Waals surface area contributed by atoms with Crippen molar-refractivity contribution in [1.29, 1.82) is 0 Å². The molecule has 0 atom stereocenters. The predicted molar refractivity (Wildman–Crippen MR) is 84.3 cm³/mol. The molecule has 112 valence electrons. The van der Waals surface area contributed by atoms with Crippen molar-refractivity contribution in [2.75, 3.05) is 24.4 Å². The largest absolute Gasteiger partial charge is 0.497 e. The number of nitrogens with two attached hydrogens (primary N) is 1. The lowest BCUT2D eigenvalue weighted by Gasteiger charge is -2.11. The van der Waals surface area contributed by atoms with Gasteiger partial charge in [0.25, 0.3) is 0 Å². The third-order valence-corrected chi connectivity index (χ3v) is 4.18. The molecular weight excluding hydrogens is 288 g/mol. The SMILES string of the molecule is COc1cccc(CNc2ccc(S(C)(=O)=O)cc2N)c1. The molecule has 0 radical (unpaired) electrons. The molecule has 0 saturated heterocycles. The molecule has 0 bridgehead atoms. The summed E-state index contributed by atoms with van der Waals surface area (Å²) < 4.78 is 28.1. The van der Waals surface area contributed by atoms with Crippen molar-refractivity contribution in [3.05, 3.63) is 48.0 Å². The minimum absolute atomic E-state index is 0.215. The molecule has 2 aromatic carbocycles. The Bertz CT molecular complexity index is 742. The van der Waals surface area contributed by atoms with E-state index in [1.54, 1.807) is 19.2 Å². The van der Waals surface area contributed by atoms with Crippen LogP contribution in [0.1, 0.15) is 5.56 Å². The molecule has 21 heavy (non-hydrogen) atoms. The monoisotopic (exact) mass is 306 g/mol. The summed E-state index contributed by atoms with van der Waals surface area (Å²) in [6.07, 6.45) is 1.16. The minimum Gasteiger partial charge on any atom is -0.497 e. The van der Waals surface area contributed by atoms with Gasteiger partial charge in [-0.05, 0) is 35.9 Å². The van der Waals surface area contributed by atoms with Crippen LogP contribution >= 0.6 is 0 Å². The molecule has 0 unspecified atom stereocenters. The second kappa shape index (κ2) is 6.05. The van der Waals surface area contributed by atoms with Gasteiger partial charge in [-0.1, -0.05) is 12.1 Å². The minimum atomic E-state index is -3.24. The molecule has 3 N–H and O–H groups in total. The smallest absolute Gasteiger partial charge is 0.175 e. The zero-order valence-electron chi connectivity index (χ0n) is 12.0. The van der Waals surface area contributed by atoms with Crippen LogP contribution in [0.3, 0.4) is 0 Å². The Morgan fingerprint density at radius 3 is 2.57 bits per heavy atom. The summed E-state index contributed by atoms with van der Waals surface area (Å²) in [7, 11) is -1.62. The quantitative estimate of drug-likeness (QED) is 0.828. The van der Waals surface area contributed by atoms with Crippen LogP contribution in [0, 0.1) is 0 Å². The van der Waals surface area contributed by atoms with Crippen LogP contribution in [0.2, 0.25) is 0 Å². The van der Waals surface area contributed by atoms with Gasteiger partial charge in [-0.15, -0.1) is 0 Å². The number of benzene rings is 2. The van der Waals surface area contributed by atoms with Gasteiger partial charge in [0.1, 0.15) is 5.75 Å². The summed E-state index contributed by atoms with van der Waals surface area (Å²) in [5.74, 6) is 0.787. The average molecular weight is 306 g/mol. The van der Waals surface area contributed by atoms with Gasteiger partial charge >= 0.3 is 0 Å². The maximum Gasteiger partial charge on any atom is 0.175 e. The van der Waals surface area contributed by atoms with Gasteiger partial charge < -0.3 is 15.8 Å². The number of nitrogens with one attached hydrogen (secondary N) is 1. The lowest BCUT2D eigenvalue weighted by atomic mass is 10.2. The van der Waals surface area contributed by atoms with E-state index < -0.39 is 9.84 Å². The molecule has 0 aliphatic heterocycles. The Kier molecular flexibility index (Phi) is 4.37. The van der Waals surface area contributed by atoms with Gasteiger partial charge in [-0.2, -0.15) is 0 Å². The van der Waals surface area contributed by atoms with E-state index in [4.69, 9.17) is 10.5 Å². The number of hydrogen-bond acceptors (Lipinski definition) is 5. The molecular formula is C15H18N2O3S. The fourth-order valence-corrected chi connectivity index (χ4v) is 2.57. The summed E-state index contributed by atoms with van der Waals surface area (Å²) in [4.78, 5) is 0.215. The van der Waals surface area contributed by atoms with Crippen LogP contribution in [-0.4, -0.2) is 21.8 Å². The number of sulfone groups is 1. The van der Waals surface area contributed by atoms with Crippen LogP contribution in [0.15, 0.2) is 47.4 Å². The van der Waals surface area contributed by atoms with Crippen molar-refractivity contribution in [2.24, 2.45) is 0 Å². The number of hydrogen-bond donors (Lipinski definition) is 2. The highest BCUT2D eigenvalue weighted by Crippen LogP contribution is 2.23. The van der Waals surface area contributed by atoms with Crippen molar-refractivity contribution >= 4 is 21.2 Å². The van der Waals surface area contributed by atoms with E-state index in [1.165, 1.54) is 6.07 Å². The lowest BCUT2D eigenvalue weighted by molar-refractivity contribution is 0.414. The Hall–Kier alpha value is -2.21. The molecule has 6 heteroatoms. The van der Waals surface area contributed by atoms with E-state index in [0.29, 0.717) is 17.9 Å². The molecule has 0 fully saturated rings. The van der Waals surface area contributed by atoms with Gasteiger partial charge in [0, 0.05) is 12.8 Å². The third-order valence-electron chi connectivity index (χ3n) is 3.07. The molecule has 2 aromatic rings. The molecule has 0 amide bonds. The van der Waals surface area contributed by atoms with E-state index in [9.17, 15) is 8.42 Å². The van der Waals surface area contributed by atoms with Gasteiger partial charge in [0.2, 0.25) is 0 Å². The van der Waals surface area contributed by atoms with E-state index >= 15 is 0 Å². The molecule has 2 rings (SSSR count). The lowest BCUT2D eigenvalue weighted by Crippen LogP contribution is -2.04. The summed E-state index contributed by atoms with van der Waals surface area (Å²) in [6, 6.07) is 12.4. The molecule has 0 aliphatic rings. The Balaban J connectivity index is 2.13. The van der Waals surface area contributed by atoms with Crippen molar-refractivity contribution in [3.63, 3.8) is 0 Å². The second-order valence-electron chi connectivity index (χ2n) is 4.73. The van der Waals surface area contributed by atoms with Crippen LogP contribution in [0.25, 0.3) is 0 Å². The molecule has 0 saturated carbocycles. The van der Waals surface area contributed by atoms with Gasteiger partial charge in [0.15, 0.2) is 9.84 Å². The molecule has 0 aliphatic carbocycles. The number of ether oxygens (including phenoxy) is 1. The number of nitrogen functional groups attached to an aromatic ring is 1. The number of rotatable bonds is 5. The first-order chi connectivity index (χ1) is 9.90. The van der Waals surface area contributed by atoms with Crippen LogP contribution < -0.4 is 15.8 Å². The number of anilines is 2. The van der Waals surface area contributed by atoms with E-state index in [0.717, 1.165) is 17.6 Å². The van der Waals surface area contributed by atoms with Crippen molar-refractivity contribution in [3.8, 4) is 5.75 Å².